The number of aromatic nitrogens is 2. The molecule has 0 spiro atoms. The molecule has 0 bridgehead atoms. The van der Waals surface area contributed by atoms with Crippen molar-refractivity contribution in [3.05, 3.63) is 42.2 Å². The van der Waals surface area contributed by atoms with Gasteiger partial charge >= 0.3 is 0 Å². The standard InChI is InChI=1S/C15H20N4O/c1-4-10-19-14(8-9-16-19)15(20)17-12-6-5-7-13(11-12)18(2)3/h5-9,11H,4,10H2,1-3H3,(H,17,20). The van der Waals surface area contributed by atoms with E-state index in [1.165, 1.54) is 0 Å². The number of nitrogens with zero attached hydrogens (tertiary/aromatic N) is 3. The first-order chi connectivity index (χ1) is 9.61. The lowest BCUT2D eigenvalue weighted by atomic mass is 10.2. The zero-order chi connectivity index (χ0) is 14.5. The van der Waals surface area contributed by atoms with E-state index in [1.54, 1.807) is 16.9 Å². The van der Waals surface area contributed by atoms with Crippen LogP contribution in [0.15, 0.2) is 36.5 Å². The minimum Gasteiger partial charge on any atom is -0.378 e. The second-order valence-electron chi connectivity index (χ2n) is 4.84. The van der Waals surface area contributed by atoms with Crippen LogP contribution in [0.2, 0.25) is 0 Å². The van der Waals surface area contributed by atoms with Crippen molar-refractivity contribution >= 4 is 17.3 Å². The van der Waals surface area contributed by atoms with Crippen molar-refractivity contribution in [3.63, 3.8) is 0 Å². The Morgan fingerprint density at radius 1 is 1.35 bits per heavy atom. The summed E-state index contributed by atoms with van der Waals surface area (Å²) in [5.74, 6) is -0.133. The summed E-state index contributed by atoms with van der Waals surface area (Å²) in [6, 6.07) is 9.48. The highest BCUT2D eigenvalue weighted by atomic mass is 16.2. The molecule has 0 radical (unpaired) electrons. The Balaban J connectivity index is 2.15. The minimum atomic E-state index is -0.133. The highest BCUT2D eigenvalue weighted by Gasteiger charge is 2.12. The number of hydrogen-bond donors (Lipinski definition) is 1. The van der Waals surface area contributed by atoms with E-state index in [4.69, 9.17) is 0 Å². The smallest absolute Gasteiger partial charge is 0.273 e. The van der Waals surface area contributed by atoms with E-state index < -0.39 is 0 Å². The van der Waals surface area contributed by atoms with Gasteiger partial charge in [0.05, 0.1) is 0 Å². The molecule has 1 amide bonds. The van der Waals surface area contributed by atoms with Gasteiger partial charge in [-0.2, -0.15) is 5.10 Å². The average molecular weight is 272 g/mol. The van der Waals surface area contributed by atoms with E-state index in [9.17, 15) is 4.79 Å². The number of carbonyl (C=O) groups excluding carboxylic acids is 1. The Morgan fingerprint density at radius 3 is 2.85 bits per heavy atom. The summed E-state index contributed by atoms with van der Waals surface area (Å²) < 4.78 is 1.73. The van der Waals surface area contributed by atoms with Crippen molar-refractivity contribution in [3.8, 4) is 0 Å². The van der Waals surface area contributed by atoms with Crippen LogP contribution < -0.4 is 10.2 Å². The summed E-state index contributed by atoms with van der Waals surface area (Å²) in [5, 5.41) is 7.07. The van der Waals surface area contributed by atoms with Gasteiger partial charge in [0.25, 0.3) is 5.91 Å². The lowest BCUT2D eigenvalue weighted by Gasteiger charge is -2.14. The summed E-state index contributed by atoms with van der Waals surface area (Å²) in [4.78, 5) is 14.3. The normalized spacial score (nSPS) is 10.3. The maximum absolute atomic E-state index is 12.3. The van der Waals surface area contributed by atoms with Crippen LogP contribution in [0, 0.1) is 0 Å². The quantitative estimate of drug-likeness (QED) is 0.910. The third-order valence-corrected chi connectivity index (χ3v) is 3.01. The molecule has 1 N–H and O–H groups in total. The molecule has 0 aliphatic heterocycles. The summed E-state index contributed by atoms with van der Waals surface area (Å²) in [5.41, 5.74) is 2.41. The van der Waals surface area contributed by atoms with Crippen LogP contribution >= 0.6 is 0 Å². The molecule has 106 valence electrons. The minimum absolute atomic E-state index is 0.133. The number of aryl methyl sites for hydroxylation is 1. The lowest BCUT2D eigenvalue weighted by Crippen LogP contribution is -2.18. The number of amides is 1. The number of nitrogens with one attached hydrogen (secondary N) is 1. The molecule has 0 saturated heterocycles. The highest BCUT2D eigenvalue weighted by molar-refractivity contribution is 6.03. The fourth-order valence-electron chi connectivity index (χ4n) is 1.97. The zero-order valence-electron chi connectivity index (χ0n) is 12.1. The first-order valence-electron chi connectivity index (χ1n) is 6.72. The number of hydrogen-bond acceptors (Lipinski definition) is 3. The van der Waals surface area contributed by atoms with Crippen LogP contribution in [-0.2, 0) is 6.54 Å². The van der Waals surface area contributed by atoms with Crippen molar-refractivity contribution < 1.29 is 4.79 Å². The van der Waals surface area contributed by atoms with Gasteiger partial charge in [-0.05, 0) is 30.7 Å². The van der Waals surface area contributed by atoms with Crippen molar-refractivity contribution in [2.45, 2.75) is 19.9 Å². The first-order valence-corrected chi connectivity index (χ1v) is 6.72. The molecule has 2 rings (SSSR count). The summed E-state index contributed by atoms with van der Waals surface area (Å²) in [7, 11) is 3.94. The van der Waals surface area contributed by atoms with Gasteiger partial charge in [-0.3, -0.25) is 9.48 Å². The molecule has 0 aliphatic rings. The van der Waals surface area contributed by atoms with Crippen LogP contribution in [0.5, 0.6) is 0 Å². The molecule has 5 heteroatoms. The van der Waals surface area contributed by atoms with Gasteiger partial charge < -0.3 is 10.2 Å². The molecule has 0 aliphatic carbocycles. The topological polar surface area (TPSA) is 50.2 Å². The molecule has 0 fully saturated rings. The highest BCUT2D eigenvalue weighted by Crippen LogP contribution is 2.18. The van der Waals surface area contributed by atoms with Crippen LogP contribution in [0.3, 0.4) is 0 Å². The third-order valence-electron chi connectivity index (χ3n) is 3.01. The Hall–Kier alpha value is -2.30. The van der Waals surface area contributed by atoms with Crippen molar-refractivity contribution in [2.24, 2.45) is 0 Å². The number of benzene rings is 1. The van der Waals surface area contributed by atoms with Gasteiger partial charge in [0.15, 0.2) is 0 Å². The van der Waals surface area contributed by atoms with Gasteiger partial charge in [-0.25, -0.2) is 0 Å². The molecule has 1 aromatic carbocycles. The molecule has 0 atom stereocenters. The zero-order valence-corrected chi connectivity index (χ0v) is 12.1. The van der Waals surface area contributed by atoms with E-state index in [1.807, 2.05) is 43.3 Å². The van der Waals surface area contributed by atoms with Gasteiger partial charge in [0, 0.05) is 38.2 Å². The number of carbonyl (C=O) groups is 1. The molecule has 2 aromatic rings. The number of rotatable bonds is 5. The van der Waals surface area contributed by atoms with Gasteiger partial charge in [0.1, 0.15) is 5.69 Å². The van der Waals surface area contributed by atoms with Crippen LogP contribution in [-0.4, -0.2) is 29.8 Å². The Morgan fingerprint density at radius 2 is 2.15 bits per heavy atom. The molecule has 5 nitrogen and oxygen atoms in total. The molecule has 0 unspecified atom stereocenters. The third kappa shape index (κ3) is 3.17. The molecule has 20 heavy (non-hydrogen) atoms. The second-order valence-corrected chi connectivity index (χ2v) is 4.84. The van der Waals surface area contributed by atoms with Crippen molar-refractivity contribution in [1.82, 2.24) is 9.78 Å². The molecular weight excluding hydrogens is 252 g/mol. The largest absolute Gasteiger partial charge is 0.378 e. The van der Waals surface area contributed by atoms with Gasteiger partial charge in [0.2, 0.25) is 0 Å². The van der Waals surface area contributed by atoms with Crippen molar-refractivity contribution in [1.29, 1.82) is 0 Å². The fourth-order valence-corrected chi connectivity index (χ4v) is 1.97. The predicted octanol–water partition coefficient (Wildman–Crippen LogP) is 2.61. The fraction of sp³-hybridized carbons (Fsp3) is 0.333. The maximum atomic E-state index is 12.3. The van der Waals surface area contributed by atoms with E-state index in [2.05, 4.69) is 17.3 Å². The number of anilines is 2. The molecule has 0 saturated carbocycles. The van der Waals surface area contributed by atoms with Crippen LogP contribution in [0.1, 0.15) is 23.8 Å². The van der Waals surface area contributed by atoms with E-state index in [0.29, 0.717) is 5.69 Å². The summed E-state index contributed by atoms with van der Waals surface area (Å²) in [6.07, 6.45) is 2.60. The van der Waals surface area contributed by atoms with E-state index >= 15 is 0 Å². The first kappa shape index (κ1) is 14.1. The Labute approximate surface area is 119 Å². The maximum Gasteiger partial charge on any atom is 0.273 e. The second kappa shape index (κ2) is 6.23. The monoisotopic (exact) mass is 272 g/mol. The van der Waals surface area contributed by atoms with Gasteiger partial charge in [-0.1, -0.05) is 13.0 Å². The molecule has 1 aromatic heterocycles. The van der Waals surface area contributed by atoms with Crippen LogP contribution in [0.4, 0.5) is 11.4 Å². The van der Waals surface area contributed by atoms with Crippen molar-refractivity contribution in [2.75, 3.05) is 24.3 Å². The lowest BCUT2D eigenvalue weighted by molar-refractivity contribution is 0.101. The summed E-state index contributed by atoms with van der Waals surface area (Å²) in [6.45, 7) is 2.80. The Kier molecular flexibility index (Phi) is 4.40. The van der Waals surface area contributed by atoms with Gasteiger partial charge in [-0.15, -0.1) is 0 Å². The predicted molar refractivity (Wildman–Crippen MR) is 81.2 cm³/mol. The van der Waals surface area contributed by atoms with E-state index in [-0.39, 0.29) is 5.91 Å². The van der Waals surface area contributed by atoms with E-state index in [0.717, 1.165) is 24.3 Å². The van der Waals surface area contributed by atoms with Crippen LogP contribution in [0.25, 0.3) is 0 Å². The Bertz CT molecular complexity index is 589. The molecule has 1 heterocycles. The SMILES string of the molecule is CCCn1nccc1C(=O)Nc1cccc(N(C)C)c1. The summed E-state index contributed by atoms with van der Waals surface area (Å²) >= 11 is 0. The molecular formula is C15H20N4O. The average Bonchev–Trinajstić information content (AvgIpc) is 2.88.